The van der Waals surface area contributed by atoms with Gasteiger partial charge in [0.05, 0.1) is 40.6 Å². The largest absolute Gasteiger partial charge is 0.361 e. The molecule has 0 radical (unpaired) electrons. The van der Waals surface area contributed by atoms with Gasteiger partial charge in [0, 0.05) is 32.5 Å². The number of rotatable bonds is 4. The van der Waals surface area contributed by atoms with Crippen molar-refractivity contribution in [3.05, 3.63) is 47.5 Å². The van der Waals surface area contributed by atoms with E-state index in [0.717, 1.165) is 54.3 Å². The minimum atomic E-state index is 0.0467. The maximum Gasteiger partial charge on any atom is 0.257 e. The highest BCUT2D eigenvalue weighted by Gasteiger charge is 2.28. The normalized spacial score (nSPS) is 16.9. The number of carbonyl (C=O) groups excluding carboxylic acids is 1. The Morgan fingerprint density at radius 3 is 2.74 bits per heavy atom. The minimum absolute atomic E-state index is 0.0467. The molecule has 140 valence electrons. The van der Waals surface area contributed by atoms with Crippen LogP contribution in [0, 0.1) is 19.8 Å². The van der Waals surface area contributed by atoms with Crippen LogP contribution in [0.3, 0.4) is 0 Å². The third-order valence-corrected chi connectivity index (χ3v) is 5.02. The molecule has 8 heteroatoms. The summed E-state index contributed by atoms with van der Waals surface area (Å²) in [5.41, 5.74) is 4.07. The van der Waals surface area contributed by atoms with E-state index < -0.39 is 0 Å². The molecule has 3 aromatic rings. The number of aryl methyl sites for hydroxylation is 3. The van der Waals surface area contributed by atoms with Crippen molar-refractivity contribution < 1.29 is 9.32 Å². The van der Waals surface area contributed by atoms with E-state index in [2.05, 4.69) is 20.2 Å². The van der Waals surface area contributed by atoms with Crippen LogP contribution in [0.25, 0.3) is 11.3 Å². The van der Waals surface area contributed by atoms with Gasteiger partial charge in [-0.15, -0.1) is 0 Å². The Morgan fingerprint density at radius 2 is 2.11 bits per heavy atom. The second-order valence-electron chi connectivity index (χ2n) is 7.10. The van der Waals surface area contributed by atoms with Crippen molar-refractivity contribution in [2.45, 2.75) is 26.7 Å². The van der Waals surface area contributed by atoms with Crippen LogP contribution in [0.1, 0.15) is 33.9 Å². The van der Waals surface area contributed by atoms with E-state index in [-0.39, 0.29) is 5.91 Å². The Bertz CT molecular complexity index is 939. The maximum atomic E-state index is 12.5. The molecule has 1 atom stereocenters. The molecule has 0 saturated carbocycles. The van der Waals surface area contributed by atoms with Gasteiger partial charge in [0.2, 0.25) is 0 Å². The van der Waals surface area contributed by atoms with Gasteiger partial charge in [-0.3, -0.25) is 19.4 Å². The predicted molar refractivity (Wildman–Crippen MR) is 97.9 cm³/mol. The molecule has 1 fully saturated rings. The summed E-state index contributed by atoms with van der Waals surface area (Å²) in [6.07, 6.45) is 8.75. The molecular weight excluding hydrogens is 344 g/mol. The topological polar surface area (TPSA) is 89.9 Å². The summed E-state index contributed by atoms with van der Waals surface area (Å²) < 4.78 is 6.85. The fourth-order valence-corrected chi connectivity index (χ4v) is 3.63. The summed E-state index contributed by atoms with van der Waals surface area (Å²) in [6.45, 7) is 5.27. The average molecular weight is 366 g/mol. The summed E-state index contributed by atoms with van der Waals surface area (Å²) in [6, 6.07) is 0. The molecule has 0 N–H and O–H groups in total. The second kappa shape index (κ2) is 6.94. The third-order valence-electron chi connectivity index (χ3n) is 5.02. The summed E-state index contributed by atoms with van der Waals surface area (Å²) in [5.74, 6) is 1.19. The molecular formula is C19H22N6O2. The molecule has 1 saturated heterocycles. The van der Waals surface area contributed by atoms with E-state index in [1.807, 2.05) is 32.0 Å². The molecule has 1 amide bonds. The molecule has 0 aromatic carbocycles. The zero-order chi connectivity index (χ0) is 19.0. The molecule has 8 nitrogen and oxygen atoms in total. The van der Waals surface area contributed by atoms with Crippen LogP contribution < -0.4 is 0 Å². The van der Waals surface area contributed by atoms with Crippen molar-refractivity contribution in [2.75, 3.05) is 13.1 Å². The molecule has 0 bridgehead atoms. The number of likely N-dealkylation sites (tertiary alicyclic amines) is 1. The SMILES string of the molecule is Cc1noc(C)c1-c1cnc(CC2CCN(C(=O)c3cnn(C)c3)C2)cn1. The van der Waals surface area contributed by atoms with E-state index in [0.29, 0.717) is 11.5 Å². The first-order valence-electron chi connectivity index (χ1n) is 9.03. The van der Waals surface area contributed by atoms with E-state index in [1.54, 1.807) is 23.3 Å². The molecule has 4 heterocycles. The van der Waals surface area contributed by atoms with Gasteiger partial charge >= 0.3 is 0 Å². The maximum absolute atomic E-state index is 12.5. The Labute approximate surface area is 157 Å². The lowest BCUT2D eigenvalue weighted by atomic mass is 10.0. The van der Waals surface area contributed by atoms with Crippen LogP contribution >= 0.6 is 0 Å². The Morgan fingerprint density at radius 1 is 1.26 bits per heavy atom. The van der Waals surface area contributed by atoms with Crippen molar-refractivity contribution >= 4 is 5.91 Å². The van der Waals surface area contributed by atoms with Gasteiger partial charge in [0.15, 0.2) is 0 Å². The Kier molecular flexibility index (Phi) is 4.47. The monoisotopic (exact) mass is 366 g/mol. The van der Waals surface area contributed by atoms with E-state index in [9.17, 15) is 4.79 Å². The van der Waals surface area contributed by atoms with Crippen LogP contribution in [-0.2, 0) is 13.5 Å². The van der Waals surface area contributed by atoms with Crippen molar-refractivity contribution in [1.29, 1.82) is 0 Å². The zero-order valence-electron chi connectivity index (χ0n) is 15.7. The summed E-state index contributed by atoms with van der Waals surface area (Å²) in [4.78, 5) is 23.5. The standard InChI is InChI=1S/C19H22N6O2/c1-12-18(13(2)27-23-12)17-9-20-16(8-21-17)6-14-4-5-25(10-14)19(26)15-7-22-24(3)11-15/h7-9,11,14H,4-6,10H2,1-3H3. The van der Waals surface area contributed by atoms with Gasteiger partial charge in [0.25, 0.3) is 5.91 Å². The lowest BCUT2D eigenvalue weighted by molar-refractivity contribution is 0.0787. The number of hydrogen-bond acceptors (Lipinski definition) is 6. The van der Waals surface area contributed by atoms with Crippen molar-refractivity contribution in [1.82, 2.24) is 29.8 Å². The van der Waals surface area contributed by atoms with Crippen LogP contribution in [0.2, 0.25) is 0 Å². The van der Waals surface area contributed by atoms with Gasteiger partial charge in [-0.2, -0.15) is 5.10 Å². The summed E-state index contributed by atoms with van der Waals surface area (Å²) in [5, 5.41) is 8.04. The van der Waals surface area contributed by atoms with Crippen LogP contribution in [0.4, 0.5) is 0 Å². The molecule has 1 aliphatic heterocycles. The van der Waals surface area contributed by atoms with Crippen LogP contribution in [0.5, 0.6) is 0 Å². The molecule has 1 unspecified atom stereocenters. The second-order valence-corrected chi connectivity index (χ2v) is 7.10. The van der Waals surface area contributed by atoms with Gasteiger partial charge < -0.3 is 9.42 Å². The third kappa shape index (κ3) is 3.47. The first kappa shape index (κ1) is 17.4. The van der Waals surface area contributed by atoms with Crippen molar-refractivity contribution in [3.63, 3.8) is 0 Å². The smallest absolute Gasteiger partial charge is 0.257 e. The molecule has 0 spiro atoms. The van der Waals surface area contributed by atoms with Crippen LogP contribution in [-0.4, -0.2) is 48.8 Å². The van der Waals surface area contributed by atoms with Gasteiger partial charge in [-0.1, -0.05) is 5.16 Å². The predicted octanol–water partition coefficient (Wildman–Crippen LogP) is 2.19. The summed E-state index contributed by atoms with van der Waals surface area (Å²) in [7, 11) is 1.81. The first-order chi connectivity index (χ1) is 13.0. The molecule has 4 rings (SSSR count). The first-order valence-corrected chi connectivity index (χ1v) is 9.03. The Hall–Kier alpha value is -3.03. The fraction of sp³-hybridized carbons (Fsp3) is 0.421. The summed E-state index contributed by atoms with van der Waals surface area (Å²) >= 11 is 0. The number of amides is 1. The average Bonchev–Trinajstić information content (AvgIpc) is 3.37. The number of carbonyl (C=O) groups is 1. The minimum Gasteiger partial charge on any atom is -0.361 e. The van der Waals surface area contributed by atoms with Gasteiger partial charge in [0.1, 0.15) is 5.76 Å². The zero-order valence-corrected chi connectivity index (χ0v) is 15.7. The molecule has 1 aliphatic rings. The fourth-order valence-electron chi connectivity index (χ4n) is 3.63. The number of nitrogens with zero attached hydrogens (tertiary/aromatic N) is 6. The lowest BCUT2D eigenvalue weighted by Crippen LogP contribution is -2.28. The molecule has 0 aliphatic carbocycles. The van der Waals surface area contributed by atoms with E-state index in [4.69, 9.17) is 4.52 Å². The highest BCUT2D eigenvalue weighted by molar-refractivity contribution is 5.93. The molecule has 27 heavy (non-hydrogen) atoms. The lowest BCUT2D eigenvalue weighted by Gasteiger charge is -2.15. The highest BCUT2D eigenvalue weighted by Crippen LogP contribution is 2.25. The van der Waals surface area contributed by atoms with E-state index in [1.165, 1.54) is 0 Å². The van der Waals surface area contributed by atoms with E-state index >= 15 is 0 Å². The highest BCUT2D eigenvalue weighted by atomic mass is 16.5. The molecule has 3 aromatic heterocycles. The van der Waals surface area contributed by atoms with Crippen LogP contribution in [0.15, 0.2) is 29.3 Å². The quantitative estimate of drug-likeness (QED) is 0.703. The number of aromatic nitrogens is 5. The number of hydrogen-bond donors (Lipinski definition) is 0. The van der Waals surface area contributed by atoms with Gasteiger partial charge in [-0.05, 0) is 32.6 Å². The van der Waals surface area contributed by atoms with Gasteiger partial charge in [-0.25, -0.2) is 0 Å². The van der Waals surface area contributed by atoms with Crippen molar-refractivity contribution in [3.8, 4) is 11.3 Å². The van der Waals surface area contributed by atoms with Crippen molar-refractivity contribution in [2.24, 2.45) is 13.0 Å². The Balaban J connectivity index is 1.39.